The van der Waals surface area contributed by atoms with Crippen LogP contribution in [0.2, 0.25) is 0 Å². The molecule has 0 aliphatic heterocycles. The molecule has 0 radical (unpaired) electrons. The van der Waals surface area contributed by atoms with Crippen LogP contribution in [0, 0.1) is 5.92 Å². The second-order valence-corrected chi connectivity index (χ2v) is 5.60. The molecule has 94 valence electrons. The maximum Gasteiger partial charge on any atom is 0.316 e. The third kappa shape index (κ3) is 5.26. The van der Waals surface area contributed by atoms with Crippen LogP contribution in [0.1, 0.15) is 25.8 Å². The molecule has 0 aliphatic rings. The van der Waals surface area contributed by atoms with Gasteiger partial charge in [-0.25, -0.2) is 0 Å². The largest absolute Gasteiger partial charge is 0.480 e. The lowest BCUT2D eigenvalue weighted by atomic mass is 10.1. The van der Waals surface area contributed by atoms with Crippen molar-refractivity contribution in [1.29, 1.82) is 0 Å². The Labute approximate surface area is 107 Å². The number of thioether (sulfide) groups is 1. The molecule has 0 spiro atoms. The van der Waals surface area contributed by atoms with E-state index in [1.807, 2.05) is 30.3 Å². The number of hydrogen-bond donors (Lipinski definition) is 1. The van der Waals surface area contributed by atoms with Gasteiger partial charge in [0.05, 0.1) is 0 Å². The summed E-state index contributed by atoms with van der Waals surface area (Å²) in [4.78, 5) is 11.2. The fraction of sp³-hybridized carbons (Fsp3) is 0.500. The van der Waals surface area contributed by atoms with Gasteiger partial charge in [-0.2, -0.15) is 0 Å². The lowest BCUT2D eigenvalue weighted by Gasteiger charge is -2.14. The molecule has 0 fully saturated rings. The third-order valence-electron chi connectivity index (χ3n) is 2.82. The quantitative estimate of drug-likeness (QED) is 0.807. The summed E-state index contributed by atoms with van der Waals surface area (Å²) in [6.45, 7) is 4.30. The van der Waals surface area contributed by atoms with Gasteiger partial charge in [-0.05, 0) is 23.7 Å². The number of aliphatic carboxylic acids is 1. The van der Waals surface area contributed by atoms with Crippen molar-refractivity contribution >= 4 is 17.7 Å². The first-order valence-electron chi connectivity index (χ1n) is 6.01. The fourth-order valence-electron chi connectivity index (χ4n) is 1.44. The highest BCUT2D eigenvalue weighted by atomic mass is 32.2. The summed E-state index contributed by atoms with van der Waals surface area (Å²) in [6.07, 6.45) is 1.71. The molecule has 0 amide bonds. The van der Waals surface area contributed by atoms with Crippen LogP contribution >= 0.6 is 11.8 Å². The second kappa shape index (κ2) is 7.38. The van der Waals surface area contributed by atoms with Gasteiger partial charge in [0.1, 0.15) is 5.25 Å². The van der Waals surface area contributed by atoms with E-state index in [1.165, 1.54) is 0 Å². The zero-order valence-corrected chi connectivity index (χ0v) is 11.2. The van der Waals surface area contributed by atoms with Crippen molar-refractivity contribution in [2.45, 2.75) is 31.9 Å². The van der Waals surface area contributed by atoms with E-state index < -0.39 is 5.97 Å². The number of rotatable bonds is 7. The van der Waals surface area contributed by atoms with Gasteiger partial charge in [0, 0.05) is 0 Å². The molecule has 0 bridgehead atoms. The number of carboxylic acid groups (broad SMARTS) is 1. The molecule has 1 N–H and O–H groups in total. The zero-order valence-electron chi connectivity index (χ0n) is 10.4. The molecular formula is C14H20O2S. The summed E-state index contributed by atoms with van der Waals surface area (Å²) in [6, 6.07) is 9.83. The van der Waals surface area contributed by atoms with Crippen LogP contribution < -0.4 is 0 Å². The molecule has 0 saturated heterocycles. The molecular weight excluding hydrogens is 232 g/mol. The highest BCUT2D eigenvalue weighted by Crippen LogP contribution is 2.20. The summed E-state index contributed by atoms with van der Waals surface area (Å²) in [5.41, 5.74) is 1.09. The van der Waals surface area contributed by atoms with Crippen LogP contribution in [0.4, 0.5) is 0 Å². The highest BCUT2D eigenvalue weighted by molar-refractivity contribution is 8.00. The predicted octanol–water partition coefficient (Wildman–Crippen LogP) is 3.46. The maximum absolute atomic E-state index is 11.2. The third-order valence-corrected chi connectivity index (χ3v) is 4.35. The Bertz CT molecular complexity index is 337. The molecule has 17 heavy (non-hydrogen) atoms. The summed E-state index contributed by atoms with van der Waals surface area (Å²) >= 11 is 1.56. The Hall–Kier alpha value is -0.960. The van der Waals surface area contributed by atoms with E-state index >= 15 is 0 Å². The maximum atomic E-state index is 11.2. The molecule has 3 heteroatoms. The van der Waals surface area contributed by atoms with Gasteiger partial charge in [-0.15, -0.1) is 11.8 Å². The molecule has 2 nitrogen and oxygen atoms in total. The van der Waals surface area contributed by atoms with E-state index in [4.69, 9.17) is 0 Å². The van der Waals surface area contributed by atoms with Crippen molar-refractivity contribution in [3.63, 3.8) is 0 Å². The first-order valence-corrected chi connectivity index (χ1v) is 7.06. The van der Waals surface area contributed by atoms with Crippen LogP contribution in [0.15, 0.2) is 30.3 Å². The number of carbonyl (C=O) groups is 1. The van der Waals surface area contributed by atoms with Crippen LogP contribution in [-0.2, 0) is 11.2 Å². The number of benzene rings is 1. The predicted molar refractivity (Wildman–Crippen MR) is 73.5 cm³/mol. The lowest BCUT2D eigenvalue weighted by molar-refractivity contribution is -0.136. The van der Waals surface area contributed by atoms with E-state index in [0.29, 0.717) is 12.3 Å². The second-order valence-electron chi connectivity index (χ2n) is 4.36. The molecule has 2 atom stereocenters. The van der Waals surface area contributed by atoms with Crippen molar-refractivity contribution in [2.24, 2.45) is 5.92 Å². The van der Waals surface area contributed by atoms with Crippen molar-refractivity contribution in [3.8, 4) is 0 Å². The van der Waals surface area contributed by atoms with E-state index in [2.05, 4.69) is 13.8 Å². The standard InChI is InChI=1S/C14H20O2S/c1-3-11(2)10-17-13(14(15)16)9-12-7-5-4-6-8-12/h4-8,11,13H,3,9-10H2,1-2H3,(H,15,16). The van der Waals surface area contributed by atoms with E-state index in [1.54, 1.807) is 11.8 Å². The van der Waals surface area contributed by atoms with Gasteiger partial charge in [-0.1, -0.05) is 50.6 Å². The van der Waals surface area contributed by atoms with Crippen LogP contribution in [0.25, 0.3) is 0 Å². The van der Waals surface area contributed by atoms with Crippen molar-refractivity contribution in [2.75, 3.05) is 5.75 Å². The number of hydrogen-bond acceptors (Lipinski definition) is 2. The first-order chi connectivity index (χ1) is 8.13. The molecule has 1 rings (SSSR count). The van der Waals surface area contributed by atoms with Gasteiger partial charge in [-0.3, -0.25) is 4.79 Å². The van der Waals surface area contributed by atoms with Crippen LogP contribution in [0.5, 0.6) is 0 Å². The normalized spacial score (nSPS) is 14.2. The number of carboxylic acids is 1. The Morgan fingerprint density at radius 1 is 1.35 bits per heavy atom. The average molecular weight is 252 g/mol. The summed E-state index contributed by atoms with van der Waals surface area (Å²) in [5, 5.41) is 8.87. The first kappa shape index (κ1) is 14.1. The Balaban J connectivity index is 2.52. The SMILES string of the molecule is CCC(C)CSC(Cc1ccccc1)C(=O)O. The summed E-state index contributed by atoms with van der Waals surface area (Å²) in [7, 11) is 0. The Morgan fingerprint density at radius 3 is 2.53 bits per heavy atom. The molecule has 0 heterocycles. The van der Waals surface area contributed by atoms with E-state index in [-0.39, 0.29) is 5.25 Å². The Morgan fingerprint density at radius 2 is 2.00 bits per heavy atom. The zero-order chi connectivity index (χ0) is 12.7. The Kier molecular flexibility index (Phi) is 6.12. The van der Waals surface area contributed by atoms with E-state index in [0.717, 1.165) is 17.7 Å². The molecule has 2 unspecified atom stereocenters. The van der Waals surface area contributed by atoms with Crippen LogP contribution in [-0.4, -0.2) is 22.1 Å². The minimum Gasteiger partial charge on any atom is -0.480 e. The van der Waals surface area contributed by atoms with Gasteiger partial charge in [0.25, 0.3) is 0 Å². The van der Waals surface area contributed by atoms with Gasteiger partial charge in [0.2, 0.25) is 0 Å². The molecule has 1 aromatic carbocycles. The highest BCUT2D eigenvalue weighted by Gasteiger charge is 2.19. The lowest BCUT2D eigenvalue weighted by Crippen LogP contribution is -2.20. The monoisotopic (exact) mass is 252 g/mol. The summed E-state index contributed by atoms with van der Waals surface area (Å²) in [5.74, 6) is 0.792. The van der Waals surface area contributed by atoms with Crippen molar-refractivity contribution in [1.82, 2.24) is 0 Å². The fourth-order valence-corrected chi connectivity index (χ4v) is 2.69. The van der Waals surface area contributed by atoms with Crippen molar-refractivity contribution in [3.05, 3.63) is 35.9 Å². The minimum atomic E-state index is -0.706. The molecule has 1 aromatic rings. The molecule has 0 aliphatic carbocycles. The smallest absolute Gasteiger partial charge is 0.316 e. The summed E-state index contributed by atoms with van der Waals surface area (Å²) < 4.78 is 0. The average Bonchev–Trinajstić information content (AvgIpc) is 2.34. The van der Waals surface area contributed by atoms with E-state index in [9.17, 15) is 9.90 Å². The molecule has 0 aromatic heterocycles. The topological polar surface area (TPSA) is 37.3 Å². The molecule has 0 saturated carbocycles. The minimum absolute atomic E-state index is 0.327. The van der Waals surface area contributed by atoms with Crippen molar-refractivity contribution < 1.29 is 9.90 Å². The van der Waals surface area contributed by atoms with Gasteiger partial charge >= 0.3 is 5.97 Å². The van der Waals surface area contributed by atoms with Crippen LogP contribution in [0.3, 0.4) is 0 Å². The van der Waals surface area contributed by atoms with Gasteiger partial charge < -0.3 is 5.11 Å². The van der Waals surface area contributed by atoms with Gasteiger partial charge in [0.15, 0.2) is 0 Å².